The molecule has 0 saturated heterocycles. The maximum absolute atomic E-state index is 13.3. The van der Waals surface area contributed by atoms with Crippen molar-refractivity contribution in [3.8, 4) is 11.3 Å². The minimum Gasteiger partial charge on any atom is -0.321 e. The van der Waals surface area contributed by atoms with Gasteiger partial charge in [-0.3, -0.25) is 4.79 Å². The van der Waals surface area contributed by atoms with Crippen LogP contribution in [0.25, 0.3) is 22.2 Å². The number of hydrogen-bond acceptors (Lipinski definition) is 2. The Morgan fingerprint density at radius 3 is 2.42 bits per heavy atom. The fourth-order valence-electron chi connectivity index (χ4n) is 3.48. The third-order valence-corrected chi connectivity index (χ3v) is 6.23. The Labute approximate surface area is 203 Å². The first-order valence-electron chi connectivity index (χ1n) is 9.37. The molecule has 1 N–H and O–H groups in total. The predicted molar refractivity (Wildman–Crippen MR) is 134 cm³/mol. The molecule has 156 valence electrons. The van der Waals surface area contributed by atoms with Crippen molar-refractivity contribution in [3.63, 3.8) is 0 Å². The van der Waals surface area contributed by atoms with Crippen molar-refractivity contribution >= 4 is 73.2 Å². The molecule has 0 fully saturated rings. The highest BCUT2D eigenvalue weighted by Crippen LogP contribution is 2.34. The van der Waals surface area contributed by atoms with Gasteiger partial charge >= 0.3 is 0 Å². The van der Waals surface area contributed by atoms with E-state index in [2.05, 4.69) is 21.2 Å². The van der Waals surface area contributed by atoms with Crippen molar-refractivity contribution in [1.82, 2.24) is 4.98 Å². The monoisotopic (exact) mass is 532 g/mol. The smallest absolute Gasteiger partial charge is 0.256 e. The number of carbonyl (C=O) groups excluding carboxylic acids is 1. The van der Waals surface area contributed by atoms with Crippen LogP contribution in [0.15, 0.2) is 59.1 Å². The van der Waals surface area contributed by atoms with Crippen LogP contribution in [0.5, 0.6) is 0 Å². The standard InChI is InChI=1S/C24H16BrCl3N2O/c1-12-7-13(2)23-17(8-12)18(24(31)30-21-6-3-14(25)9-20(21)28)11-22(29-23)16-5-4-15(26)10-19(16)27/h3-11H,1-2H3,(H,30,31). The molecule has 0 bridgehead atoms. The van der Waals surface area contributed by atoms with Gasteiger partial charge in [0.1, 0.15) is 0 Å². The van der Waals surface area contributed by atoms with E-state index in [1.807, 2.05) is 32.0 Å². The number of nitrogens with one attached hydrogen (secondary N) is 1. The summed E-state index contributed by atoms with van der Waals surface area (Å²) >= 11 is 22.2. The van der Waals surface area contributed by atoms with E-state index in [9.17, 15) is 4.79 Å². The second-order valence-corrected chi connectivity index (χ2v) is 9.40. The highest BCUT2D eigenvalue weighted by molar-refractivity contribution is 9.10. The summed E-state index contributed by atoms with van der Waals surface area (Å²) in [5, 5.41) is 5.11. The molecule has 0 aliphatic rings. The number of halogens is 4. The van der Waals surface area contributed by atoms with E-state index in [0.717, 1.165) is 26.5 Å². The number of nitrogens with zero attached hydrogens (tertiary/aromatic N) is 1. The van der Waals surface area contributed by atoms with Crippen LogP contribution in [0.3, 0.4) is 0 Å². The molecule has 3 nitrogen and oxygen atoms in total. The van der Waals surface area contributed by atoms with E-state index in [0.29, 0.717) is 37.6 Å². The zero-order chi connectivity index (χ0) is 22.3. The summed E-state index contributed by atoms with van der Waals surface area (Å²) in [6.45, 7) is 3.96. The fourth-order valence-corrected chi connectivity index (χ4v) is 4.71. The van der Waals surface area contributed by atoms with Crippen molar-refractivity contribution < 1.29 is 4.79 Å². The first kappa shape index (κ1) is 22.1. The average Bonchev–Trinajstić information content (AvgIpc) is 2.69. The number of benzene rings is 3. The number of pyridine rings is 1. The minimum absolute atomic E-state index is 0.284. The Morgan fingerprint density at radius 1 is 0.935 bits per heavy atom. The lowest BCUT2D eigenvalue weighted by molar-refractivity contribution is 0.102. The highest BCUT2D eigenvalue weighted by atomic mass is 79.9. The molecule has 1 amide bonds. The SMILES string of the molecule is Cc1cc(C)c2nc(-c3ccc(Cl)cc3Cl)cc(C(=O)Nc3ccc(Br)cc3Cl)c2c1. The van der Waals surface area contributed by atoms with Crippen LogP contribution in [-0.2, 0) is 0 Å². The van der Waals surface area contributed by atoms with Crippen molar-refractivity contribution in [3.05, 3.63) is 90.8 Å². The van der Waals surface area contributed by atoms with E-state index < -0.39 is 0 Å². The van der Waals surface area contributed by atoms with Crippen LogP contribution in [0.4, 0.5) is 5.69 Å². The second kappa shape index (κ2) is 8.79. The lowest BCUT2D eigenvalue weighted by atomic mass is 9.99. The number of rotatable bonds is 3. The van der Waals surface area contributed by atoms with E-state index in [1.54, 1.807) is 36.4 Å². The summed E-state index contributed by atoms with van der Waals surface area (Å²) in [7, 11) is 0. The highest BCUT2D eigenvalue weighted by Gasteiger charge is 2.18. The van der Waals surface area contributed by atoms with Gasteiger partial charge in [0.25, 0.3) is 5.91 Å². The van der Waals surface area contributed by atoms with Gasteiger partial charge in [-0.2, -0.15) is 0 Å². The number of aromatic nitrogens is 1. The predicted octanol–water partition coefficient (Wildman–Crippen LogP) is 8.49. The first-order valence-corrected chi connectivity index (χ1v) is 11.3. The van der Waals surface area contributed by atoms with Crippen molar-refractivity contribution in [2.75, 3.05) is 5.32 Å². The maximum atomic E-state index is 13.3. The van der Waals surface area contributed by atoms with Crippen LogP contribution in [0.1, 0.15) is 21.5 Å². The molecule has 3 aromatic carbocycles. The molecule has 0 unspecified atom stereocenters. The van der Waals surface area contributed by atoms with Crippen LogP contribution in [-0.4, -0.2) is 10.9 Å². The number of aryl methyl sites for hydroxylation is 2. The molecule has 1 heterocycles. The number of carbonyl (C=O) groups is 1. The summed E-state index contributed by atoms with van der Waals surface area (Å²) in [6.07, 6.45) is 0. The van der Waals surface area contributed by atoms with Crippen LogP contribution < -0.4 is 5.32 Å². The molecule has 7 heteroatoms. The van der Waals surface area contributed by atoms with E-state index in [4.69, 9.17) is 39.8 Å². The van der Waals surface area contributed by atoms with Gasteiger partial charge in [0, 0.05) is 20.4 Å². The van der Waals surface area contributed by atoms with E-state index in [1.165, 1.54) is 0 Å². The molecule has 0 atom stereocenters. The summed E-state index contributed by atoms with van der Waals surface area (Å²) < 4.78 is 0.829. The molecule has 0 radical (unpaired) electrons. The molecular formula is C24H16BrCl3N2O. The number of anilines is 1. The van der Waals surface area contributed by atoms with Gasteiger partial charge in [-0.25, -0.2) is 4.98 Å². The van der Waals surface area contributed by atoms with Gasteiger partial charge in [-0.1, -0.05) is 62.4 Å². The van der Waals surface area contributed by atoms with Gasteiger partial charge in [0.15, 0.2) is 0 Å². The quantitative estimate of drug-likeness (QED) is 0.286. The van der Waals surface area contributed by atoms with Gasteiger partial charge < -0.3 is 5.32 Å². The fraction of sp³-hybridized carbons (Fsp3) is 0.0833. The Kier molecular flexibility index (Phi) is 6.27. The van der Waals surface area contributed by atoms with Gasteiger partial charge in [0.2, 0.25) is 0 Å². The summed E-state index contributed by atoms with van der Waals surface area (Å²) in [5.41, 5.74) is 5.04. The molecule has 1 aromatic heterocycles. The summed E-state index contributed by atoms with van der Waals surface area (Å²) in [4.78, 5) is 18.2. The number of hydrogen-bond donors (Lipinski definition) is 1. The average molecular weight is 535 g/mol. The molecular weight excluding hydrogens is 519 g/mol. The first-order chi connectivity index (χ1) is 14.7. The van der Waals surface area contributed by atoms with Crippen molar-refractivity contribution in [2.24, 2.45) is 0 Å². The number of fused-ring (bicyclic) bond motifs is 1. The summed E-state index contributed by atoms with van der Waals surface area (Å²) in [6, 6.07) is 16.3. The Bertz CT molecular complexity index is 1350. The lowest BCUT2D eigenvalue weighted by Crippen LogP contribution is -2.14. The third kappa shape index (κ3) is 4.58. The molecule has 31 heavy (non-hydrogen) atoms. The van der Waals surface area contributed by atoms with Gasteiger partial charge in [0.05, 0.1) is 32.5 Å². The van der Waals surface area contributed by atoms with Gasteiger partial charge in [-0.15, -0.1) is 0 Å². The van der Waals surface area contributed by atoms with Crippen LogP contribution in [0.2, 0.25) is 15.1 Å². The lowest BCUT2D eigenvalue weighted by Gasteiger charge is -2.14. The zero-order valence-electron chi connectivity index (χ0n) is 16.6. The molecule has 0 aliphatic carbocycles. The molecule has 0 aliphatic heterocycles. The number of amides is 1. The molecule has 4 aromatic rings. The van der Waals surface area contributed by atoms with Crippen LogP contribution >= 0.6 is 50.7 Å². The second-order valence-electron chi connectivity index (χ2n) is 7.24. The topological polar surface area (TPSA) is 42.0 Å². The molecule has 0 saturated carbocycles. The third-order valence-electron chi connectivity index (χ3n) is 4.88. The Balaban J connectivity index is 1.90. The van der Waals surface area contributed by atoms with Crippen molar-refractivity contribution in [1.29, 1.82) is 0 Å². The van der Waals surface area contributed by atoms with Gasteiger partial charge in [-0.05, 0) is 67.9 Å². The normalized spacial score (nSPS) is 11.0. The van der Waals surface area contributed by atoms with E-state index >= 15 is 0 Å². The molecule has 0 spiro atoms. The largest absolute Gasteiger partial charge is 0.321 e. The zero-order valence-corrected chi connectivity index (χ0v) is 20.4. The minimum atomic E-state index is -0.284. The van der Waals surface area contributed by atoms with Crippen LogP contribution in [0, 0.1) is 13.8 Å². The molecule has 4 rings (SSSR count). The van der Waals surface area contributed by atoms with E-state index in [-0.39, 0.29) is 5.91 Å². The Morgan fingerprint density at radius 2 is 1.71 bits per heavy atom. The maximum Gasteiger partial charge on any atom is 0.256 e. The summed E-state index contributed by atoms with van der Waals surface area (Å²) in [5.74, 6) is -0.284. The van der Waals surface area contributed by atoms with Crippen molar-refractivity contribution in [2.45, 2.75) is 13.8 Å². The Hall–Kier alpha value is -2.11.